The maximum absolute atomic E-state index is 13.0. The summed E-state index contributed by atoms with van der Waals surface area (Å²) in [5, 5.41) is 5.41. The molecule has 1 amide bonds. The van der Waals surface area contributed by atoms with Crippen LogP contribution in [0.25, 0.3) is 21.9 Å². The van der Waals surface area contributed by atoms with E-state index in [1.165, 1.54) is 0 Å². The quantitative estimate of drug-likeness (QED) is 0.503. The van der Waals surface area contributed by atoms with E-state index in [9.17, 15) is 4.79 Å². The number of nitrogens with zero attached hydrogens (tertiary/aromatic N) is 1. The Labute approximate surface area is 170 Å². The standard InChI is InChI=1S/C25H22N2O2/c1-17(21-9-5-7-19-6-3-4-8-22(19)21)27-25(28)23-11-10-20(16-24(23)29-2)18-12-14-26-15-13-18/h3-17H,1-2H3,(H,27,28). The summed E-state index contributed by atoms with van der Waals surface area (Å²) in [6.07, 6.45) is 3.49. The molecule has 1 N–H and O–H groups in total. The molecule has 0 aliphatic rings. The van der Waals surface area contributed by atoms with Gasteiger partial charge in [-0.1, -0.05) is 48.5 Å². The molecule has 0 aliphatic heterocycles. The Bertz CT molecular complexity index is 1150. The Morgan fingerprint density at radius 3 is 2.48 bits per heavy atom. The molecule has 0 aliphatic carbocycles. The number of nitrogens with one attached hydrogen (secondary N) is 1. The Morgan fingerprint density at radius 2 is 1.69 bits per heavy atom. The first kappa shape index (κ1) is 18.7. The Balaban J connectivity index is 1.61. The molecule has 1 heterocycles. The van der Waals surface area contributed by atoms with Crippen molar-refractivity contribution in [3.05, 3.63) is 96.3 Å². The minimum Gasteiger partial charge on any atom is -0.496 e. The van der Waals surface area contributed by atoms with Gasteiger partial charge >= 0.3 is 0 Å². The van der Waals surface area contributed by atoms with E-state index >= 15 is 0 Å². The Kier molecular flexibility index (Phi) is 5.25. The van der Waals surface area contributed by atoms with Crippen LogP contribution in [0.2, 0.25) is 0 Å². The van der Waals surface area contributed by atoms with Crippen LogP contribution in [0.3, 0.4) is 0 Å². The second kappa shape index (κ2) is 8.15. The minimum atomic E-state index is -0.163. The van der Waals surface area contributed by atoms with E-state index < -0.39 is 0 Å². The third-order valence-electron chi connectivity index (χ3n) is 5.10. The minimum absolute atomic E-state index is 0.141. The maximum atomic E-state index is 13.0. The molecule has 0 radical (unpaired) electrons. The van der Waals surface area contributed by atoms with Crippen LogP contribution in [0.4, 0.5) is 0 Å². The van der Waals surface area contributed by atoms with Crippen molar-refractivity contribution < 1.29 is 9.53 Å². The highest BCUT2D eigenvalue weighted by Crippen LogP contribution is 2.28. The van der Waals surface area contributed by atoms with Gasteiger partial charge in [-0.3, -0.25) is 9.78 Å². The number of carbonyl (C=O) groups excluding carboxylic acids is 1. The molecule has 144 valence electrons. The van der Waals surface area contributed by atoms with Gasteiger partial charge in [0, 0.05) is 12.4 Å². The number of amides is 1. The fourth-order valence-corrected chi connectivity index (χ4v) is 3.58. The lowest BCUT2D eigenvalue weighted by atomic mass is 9.99. The van der Waals surface area contributed by atoms with Gasteiger partial charge in [0.2, 0.25) is 0 Å². The molecule has 4 rings (SSSR count). The summed E-state index contributed by atoms with van der Waals surface area (Å²) in [7, 11) is 1.58. The van der Waals surface area contributed by atoms with Crippen LogP contribution < -0.4 is 10.1 Å². The lowest BCUT2D eigenvalue weighted by Crippen LogP contribution is -2.27. The number of carbonyl (C=O) groups is 1. The van der Waals surface area contributed by atoms with Gasteiger partial charge in [0.15, 0.2) is 0 Å². The molecule has 0 bridgehead atoms. The van der Waals surface area contributed by atoms with Gasteiger partial charge in [-0.05, 0) is 58.7 Å². The second-order valence-corrected chi connectivity index (χ2v) is 6.91. The van der Waals surface area contributed by atoms with Gasteiger partial charge in [-0.25, -0.2) is 0 Å². The summed E-state index contributed by atoms with van der Waals surface area (Å²) < 4.78 is 5.51. The SMILES string of the molecule is COc1cc(-c2ccncc2)ccc1C(=O)NC(C)c1cccc2ccccc12. The summed E-state index contributed by atoms with van der Waals surface area (Å²) in [6, 6.07) is 23.7. The first-order valence-corrected chi connectivity index (χ1v) is 9.54. The predicted octanol–water partition coefficient (Wildman–Crippen LogP) is 5.40. The molecule has 1 atom stereocenters. The van der Waals surface area contributed by atoms with Gasteiger partial charge < -0.3 is 10.1 Å². The van der Waals surface area contributed by atoms with Gasteiger partial charge in [0.1, 0.15) is 5.75 Å². The number of benzene rings is 3. The molecule has 4 heteroatoms. The van der Waals surface area contributed by atoms with Crippen molar-refractivity contribution in [2.75, 3.05) is 7.11 Å². The molecule has 0 saturated carbocycles. The average Bonchev–Trinajstić information content (AvgIpc) is 2.78. The molecule has 4 nitrogen and oxygen atoms in total. The van der Waals surface area contributed by atoms with Gasteiger partial charge in [0.25, 0.3) is 5.91 Å². The molecule has 29 heavy (non-hydrogen) atoms. The molecule has 0 spiro atoms. The van der Waals surface area contributed by atoms with Crippen LogP contribution >= 0.6 is 0 Å². The zero-order valence-corrected chi connectivity index (χ0v) is 16.4. The Hall–Kier alpha value is -3.66. The summed E-state index contributed by atoms with van der Waals surface area (Å²) in [5.41, 5.74) is 3.60. The van der Waals surface area contributed by atoms with Gasteiger partial charge in [-0.15, -0.1) is 0 Å². The molecule has 1 aromatic heterocycles. The van der Waals surface area contributed by atoms with Crippen LogP contribution in [0.15, 0.2) is 85.2 Å². The lowest BCUT2D eigenvalue weighted by Gasteiger charge is -2.18. The van der Waals surface area contributed by atoms with Crippen molar-refractivity contribution in [1.82, 2.24) is 10.3 Å². The van der Waals surface area contributed by atoms with E-state index in [0.717, 1.165) is 27.5 Å². The number of methoxy groups -OCH3 is 1. The van der Waals surface area contributed by atoms with E-state index in [1.807, 2.05) is 49.4 Å². The first-order valence-electron chi connectivity index (χ1n) is 9.54. The Morgan fingerprint density at radius 1 is 0.931 bits per heavy atom. The second-order valence-electron chi connectivity index (χ2n) is 6.91. The fraction of sp³-hybridized carbons (Fsp3) is 0.120. The largest absolute Gasteiger partial charge is 0.496 e. The summed E-state index contributed by atoms with van der Waals surface area (Å²) in [4.78, 5) is 17.0. The van der Waals surface area contributed by atoms with Crippen molar-refractivity contribution in [3.63, 3.8) is 0 Å². The third kappa shape index (κ3) is 3.83. The lowest BCUT2D eigenvalue weighted by molar-refractivity contribution is 0.0937. The molecular formula is C25H22N2O2. The predicted molar refractivity (Wildman–Crippen MR) is 116 cm³/mol. The molecule has 4 aromatic rings. The summed E-state index contributed by atoms with van der Waals surface area (Å²) in [6.45, 7) is 2.00. The topological polar surface area (TPSA) is 51.2 Å². The van der Waals surface area contributed by atoms with Crippen molar-refractivity contribution in [2.24, 2.45) is 0 Å². The number of rotatable bonds is 5. The number of hydrogen-bond acceptors (Lipinski definition) is 3. The monoisotopic (exact) mass is 382 g/mol. The normalized spacial score (nSPS) is 11.8. The van der Waals surface area contributed by atoms with E-state index in [-0.39, 0.29) is 11.9 Å². The van der Waals surface area contributed by atoms with Crippen molar-refractivity contribution in [2.45, 2.75) is 13.0 Å². The third-order valence-corrected chi connectivity index (χ3v) is 5.10. The van der Waals surface area contributed by atoms with Crippen LogP contribution in [0, 0.1) is 0 Å². The number of pyridine rings is 1. The van der Waals surface area contributed by atoms with E-state index in [0.29, 0.717) is 11.3 Å². The van der Waals surface area contributed by atoms with Crippen molar-refractivity contribution in [3.8, 4) is 16.9 Å². The average molecular weight is 382 g/mol. The molecular weight excluding hydrogens is 360 g/mol. The summed E-state index contributed by atoms with van der Waals surface area (Å²) >= 11 is 0. The maximum Gasteiger partial charge on any atom is 0.255 e. The smallest absolute Gasteiger partial charge is 0.255 e. The first-order chi connectivity index (χ1) is 14.2. The van der Waals surface area contributed by atoms with Gasteiger partial charge in [0.05, 0.1) is 18.7 Å². The summed E-state index contributed by atoms with van der Waals surface area (Å²) in [5.74, 6) is 0.380. The van der Waals surface area contributed by atoms with Crippen LogP contribution in [-0.2, 0) is 0 Å². The highest BCUT2D eigenvalue weighted by atomic mass is 16.5. The zero-order valence-electron chi connectivity index (χ0n) is 16.4. The number of hydrogen-bond donors (Lipinski definition) is 1. The highest BCUT2D eigenvalue weighted by Gasteiger charge is 2.17. The highest BCUT2D eigenvalue weighted by molar-refractivity contribution is 5.98. The molecule has 0 saturated heterocycles. The van der Waals surface area contributed by atoms with Crippen molar-refractivity contribution in [1.29, 1.82) is 0 Å². The van der Waals surface area contributed by atoms with Crippen LogP contribution in [0.5, 0.6) is 5.75 Å². The molecule has 0 fully saturated rings. The van der Waals surface area contributed by atoms with Crippen LogP contribution in [-0.4, -0.2) is 18.0 Å². The van der Waals surface area contributed by atoms with Crippen molar-refractivity contribution >= 4 is 16.7 Å². The zero-order chi connectivity index (χ0) is 20.2. The van der Waals surface area contributed by atoms with E-state index in [1.54, 1.807) is 25.6 Å². The van der Waals surface area contributed by atoms with Gasteiger partial charge in [-0.2, -0.15) is 0 Å². The molecule has 3 aromatic carbocycles. The van der Waals surface area contributed by atoms with E-state index in [2.05, 4.69) is 34.6 Å². The molecule has 1 unspecified atom stereocenters. The van der Waals surface area contributed by atoms with E-state index in [4.69, 9.17) is 4.74 Å². The fourth-order valence-electron chi connectivity index (χ4n) is 3.58. The number of ether oxygens (including phenoxy) is 1. The number of aromatic nitrogens is 1. The van der Waals surface area contributed by atoms with Crippen LogP contribution in [0.1, 0.15) is 28.9 Å². The number of fused-ring (bicyclic) bond motifs is 1.